The molecule has 128 valence electrons. The van der Waals surface area contributed by atoms with E-state index in [1.807, 2.05) is 17.0 Å². The van der Waals surface area contributed by atoms with E-state index in [9.17, 15) is 4.79 Å². The zero-order valence-electron chi connectivity index (χ0n) is 13.7. The molecule has 1 fully saturated rings. The Bertz CT molecular complexity index is 832. The van der Waals surface area contributed by atoms with Crippen LogP contribution in [-0.4, -0.2) is 32.5 Å². The second-order valence-corrected chi connectivity index (χ2v) is 6.83. The zero-order chi connectivity index (χ0) is 17.1. The highest BCUT2D eigenvalue weighted by molar-refractivity contribution is 7.07. The molecule has 1 saturated heterocycles. The number of carbonyl (C=O) groups excluding carboxylic acids is 1. The molecule has 1 amide bonds. The monoisotopic (exact) mass is 354 g/mol. The number of hydrogen-bond acceptors (Lipinski definition) is 6. The first-order valence-corrected chi connectivity index (χ1v) is 9.30. The lowest BCUT2D eigenvalue weighted by Crippen LogP contribution is -2.30. The minimum absolute atomic E-state index is 0.150. The van der Waals surface area contributed by atoms with Gasteiger partial charge < -0.3 is 9.42 Å². The van der Waals surface area contributed by atoms with Crippen molar-refractivity contribution in [3.8, 4) is 11.4 Å². The van der Waals surface area contributed by atoms with Crippen molar-refractivity contribution in [2.75, 3.05) is 6.54 Å². The number of carbonyl (C=O) groups is 1. The molecule has 0 unspecified atom stereocenters. The Hall–Kier alpha value is -2.54. The molecule has 0 aromatic carbocycles. The molecule has 3 aromatic rings. The Balaban J connectivity index is 1.38. The molecule has 7 heteroatoms. The van der Waals surface area contributed by atoms with E-state index in [2.05, 4.69) is 32.0 Å². The van der Waals surface area contributed by atoms with Crippen molar-refractivity contribution >= 4 is 17.2 Å². The van der Waals surface area contributed by atoms with Crippen molar-refractivity contribution in [1.29, 1.82) is 0 Å². The van der Waals surface area contributed by atoms with E-state index in [1.165, 1.54) is 5.56 Å². The minimum atomic E-state index is 0.150. The second-order valence-electron chi connectivity index (χ2n) is 6.05. The Labute approximate surface area is 149 Å². The van der Waals surface area contributed by atoms with Crippen molar-refractivity contribution in [2.45, 2.75) is 31.7 Å². The smallest absolute Gasteiger partial charge is 0.227 e. The molecule has 3 aromatic heterocycles. The number of aromatic nitrogens is 3. The molecular formula is C18H18N4O2S. The average molecular weight is 354 g/mol. The maximum atomic E-state index is 12.6. The van der Waals surface area contributed by atoms with Gasteiger partial charge in [-0.2, -0.15) is 16.3 Å². The molecule has 1 atom stereocenters. The minimum Gasteiger partial charge on any atom is -0.339 e. The van der Waals surface area contributed by atoms with Gasteiger partial charge in [-0.3, -0.25) is 9.78 Å². The summed E-state index contributed by atoms with van der Waals surface area (Å²) in [5.41, 5.74) is 2.10. The van der Waals surface area contributed by atoms with Crippen LogP contribution < -0.4 is 0 Å². The van der Waals surface area contributed by atoms with E-state index in [-0.39, 0.29) is 11.9 Å². The van der Waals surface area contributed by atoms with Crippen LogP contribution >= 0.6 is 11.3 Å². The van der Waals surface area contributed by atoms with Gasteiger partial charge in [-0.1, -0.05) is 5.16 Å². The maximum Gasteiger partial charge on any atom is 0.227 e. The third-order valence-electron chi connectivity index (χ3n) is 4.46. The topological polar surface area (TPSA) is 72.1 Å². The Kier molecular flexibility index (Phi) is 4.56. The molecular weight excluding hydrogens is 336 g/mol. The number of nitrogens with zero attached hydrogens (tertiary/aromatic N) is 4. The molecule has 0 radical (unpaired) electrons. The van der Waals surface area contributed by atoms with Gasteiger partial charge in [0, 0.05) is 37.3 Å². The van der Waals surface area contributed by atoms with E-state index in [4.69, 9.17) is 4.52 Å². The molecule has 0 spiro atoms. The summed E-state index contributed by atoms with van der Waals surface area (Å²) in [6.07, 6.45) is 6.32. The van der Waals surface area contributed by atoms with Crippen LogP contribution in [0, 0.1) is 0 Å². The van der Waals surface area contributed by atoms with Crippen LogP contribution in [0.15, 0.2) is 45.9 Å². The normalized spacial score (nSPS) is 17.1. The summed E-state index contributed by atoms with van der Waals surface area (Å²) in [4.78, 5) is 23.0. The predicted octanol–water partition coefficient (Wildman–Crippen LogP) is 3.49. The molecule has 0 saturated carbocycles. The van der Waals surface area contributed by atoms with Gasteiger partial charge >= 0.3 is 0 Å². The number of amides is 1. The van der Waals surface area contributed by atoms with Crippen molar-refractivity contribution in [3.63, 3.8) is 0 Å². The summed E-state index contributed by atoms with van der Waals surface area (Å²) in [5, 5.41) is 8.18. The number of aryl methyl sites for hydroxylation is 1. The molecule has 4 rings (SSSR count). The molecule has 6 nitrogen and oxygen atoms in total. The maximum absolute atomic E-state index is 12.6. The van der Waals surface area contributed by atoms with Gasteiger partial charge in [0.05, 0.1) is 6.04 Å². The van der Waals surface area contributed by atoms with Gasteiger partial charge in [-0.05, 0) is 47.4 Å². The van der Waals surface area contributed by atoms with Crippen molar-refractivity contribution in [2.24, 2.45) is 0 Å². The molecule has 1 aliphatic rings. The van der Waals surface area contributed by atoms with Gasteiger partial charge in [0.2, 0.25) is 17.6 Å². The standard InChI is InChI=1S/C18H18N4O2S/c23-17(22-10-1-2-15(22)14-7-11-25-12-14)4-3-16-20-18(21-24-16)13-5-8-19-9-6-13/h5-9,11-12,15H,1-4,10H2/t15-/m1/s1. The number of rotatable bonds is 5. The van der Waals surface area contributed by atoms with Crippen LogP contribution in [0.4, 0.5) is 0 Å². The quantitative estimate of drug-likeness (QED) is 0.701. The van der Waals surface area contributed by atoms with Crippen LogP contribution in [0.25, 0.3) is 11.4 Å². The highest BCUT2D eigenvalue weighted by Crippen LogP contribution is 2.33. The predicted molar refractivity (Wildman–Crippen MR) is 93.9 cm³/mol. The summed E-state index contributed by atoms with van der Waals surface area (Å²) in [7, 11) is 0. The Morgan fingerprint density at radius 3 is 3.00 bits per heavy atom. The molecule has 4 heterocycles. The third kappa shape index (κ3) is 3.46. The fourth-order valence-corrected chi connectivity index (χ4v) is 3.92. The SMILES string of the molecule is O=C(CCc1nc(-c2ccncc2)no1)N1CCC[C@@H]1c1ccsc1. The van der Waals surface area contributed by atoms with Crippen LogP contribution in [0.1, 0.15) is 36.8 Å². The number of pyridine rings is 1. The third-order valence-corrected chi connectivity index (χ3v) is 5.16. The van der Waals surface area contributed by atoms with Crippen molar-refractivity contribution < 1.29 is 9.32 Å². The van der Waals surface area contributed by atoms with E-state index >= 15 is 0 Å². The highest BCUT2D eigenvalue weighted by Gasteiger charge is 2.30. The molecule has 1 aliphatic heterocycles. The fourth-order valence-electron chi connectivity index (χ4n) is 3.21. The number of likely N-dealkylation sites (tertiary alicyclic amines) is 1. The average Bonchev–Trinajstić information content (AvgIpc) is 3.41. The van der Waals surface area contributed by atoms with Crippen LogP contribution in [0.2, 0.25) is 0 Å². The van der Waals surface area contributed by atoms with Crippen LogP contribution in [0.5, 0.6) is 0 Å². The summed E-state index contributed by atoms with van der Waals surface area (Å²) in [6, 6.07) is 5.99. The summed E-state index contributed by atoms with van der Waals surface area (Å²) in [5.74, 6) is 1.17. The number of hydrogen-bond donors (Lipinski definition) is 0. The van der Waals surface area contributed by atoms with E-state index in [0.717, 1.165) is 24.9 Å². The van der Waals surface area contributed by atoms with E-state index in [1.54, 1.807) is 23.7 Å². The first-order chi connectivity index (χ1) is 12.3. The lowest BCUT2D eigenvalue weighted by molar-refractivity contribution is -0.132. The van der Waals surface area contributed by atoms with E-state index < -0.39 is 0 Å². The lowest BCUT2D eigenvalue weighted by atomic mass is 10.1. The summed E-state index contributed by atoms with van der Waals surface area (Å²) < 4.78 is 5.28. The second kappa shape index (κ2) is 7.14. The van der Waals surface area contributed by atoms with Gasteiger partial charge in [0.1, 0.15) is 0 Å². The first-order valence-electron chi connectivity index (χ1n) is 8.36. The molecule has 0 aliphatic carbocycles. The van der Waals surface area contributed by atoms with Gasteiger partial charge in [0.25, 0.3) is 0 Å². The van der Waals surface area contributed by atoms with Crippen LogP contribution in [0.3, 0.4) is 0 Å². The highest BCUT2D eigenvalue weighted by atomic mass is 32.1. The Morgan fingerprint density at radius 1 is 1.32 bits per heavy atom. The lowest BCUT2D eigenvalue weighted by Gasteiger charge is -2.24. The molecule has 0 bridgehead atoms. The zero-order valence-corrected chi connectivity index (χ0v) is 14.5. The Morgan fingerprint density at radius 2 is 2.20 bits per heavy atom. The number of thiophene rings is 1. The fraction of sp³-hybridized carbons (Fsp3) is 0.333. The first kappa shape index (κ1) is 16.0. The van der Waals surface area contributed by atoms with Gasteiger partial charge in [0.15, 0.2) is 0 Å². The van der Waals surface area contributed by atoms with Gasteiger partial charge in [-0.15, -0.1) is 0 Å². The van der Waals surface area contributed by atoms with Crippen molar-refractivity contribution in [1.82, 2.24) is 20.0 Å². The van der Waals surface area contributed by atoms with Crippen LogP contribution in [-0.2, 0) is 11.2 Å². The molecule has 0 N–H and O–H groups in total. The van der Waals surface area contributed by atoms with Crippen molar-refractivity contribution in [3.05, 3.63) is 52.8 Å². The van der Waals surface area contributed by atoms with Gasteiger partial charge in [-0.25, -0.2) is 0 Å². The molecule has 25 heavy (non-hydrogen) atoms. The summed E-state index contributed by atoms with van der Waals surface area (Å²) >= 11 is 1.68. The summed E-state index contributed by atoms with van der Waals surface area (Å²) in [6.45, 7) is 0.825. The largest absolute Gasteiger partial charge is 0.339 e. The van der Waals surface area contributed by atoms with E-state index in [0.29, 0.717) is 24.6 Å².